The second kappa shape index (κ2) is 9.18. The number of halogens is 3. The van der Waals surface area contributed by atoms with E-state index in [1.54, 1.807) is 30.3 Å². The van der Waals surface area contributed by atoms with Gasteiger partial charge in [-0.15, -0.1) is 0 Å². The Hall–Kier alpha value is -2.74. The van der Waals surface area contributed by atoms with Crippen LogP contribution in [0.5, 0.6) is 5.75 Å². The maximum absolute atomic E-state index is 13.4. The van der Waals surface area contributed by atoms with Crippen molar-refractivity contribution in [3.63, 3.8) is 0 Å². The Bertz CT molecular complexity index is 1180. The van der Waals surface area contributed by atoms with E-state index in [4.69, 9.17) is 28.6 Å². The van der Waals surface area contributed by atoms with Gasteiger partial charge in [-0.05, 0) is 59.7 Å². The van der Waals surface area contributed by atoms with E-state index in [9.17, 15) is 13.6 Å². The Morgan fingerprint density at radius 2 is 1.74 bits per heavy atom. The molecule has 1 aliphatic rings. The van der Waals surface area contributed by atoms with Gasteiger partial charge >= 0.3 is 0 Å². The molecule has 0 saturated carbocycles. The van der Waals surface area contributed by atoms with Crippen LogP contribution in [0.4, 0.5) is 14.5 Å². The number of carbonyl (C=O) groups excluding carboxylic acids is 1. The van der Waals surface area contributed by atoms with Crippen molar-refractivity contribution in [3.8, 4) is 5.75 Å². The van der Waals surface area contributed by atoms with Crippen LogP contribution in [0.25, 0.3) is 6.08 Å². The number of thioether (sulfide) groups is 1. The number of amides is 1. The molecule has 1 saturated heterocycles. The molecule has 0 spiro atoms. The lowest BCUT2D eigenvalue weighted by molar-refractivity contribution is -0.113. The molecule has 1 heterocycles. The van der Waals surface area contributed by atoms with Crippen LogP contribution in [0.2, 0.25) is 5.02 Å². The first-order valence-electron chi connectivity index (χ1n) is 9.11. The van der Waals surface area contributed by atoms with Gasteiger partial charge in [0.15, 0.2) is 4.32 Å². The van der Waals surface area contributed by atoms with Crippen LogP contribution in [-0.4, -0.2) is 10.2 Å². The standard InChI is InChI=1S/C23H14ClF2NO2S2/c24-19-12-17(7-10-20(19)26)27-22(28)21(31-23(27)30)11-14-3-8-18(9-4-14)29-13-15-1-5-16(25)6-2-15/h1-12H,13H2/b21-11-. The van der Waals surface area contributed by atoms with Gasteiger partial charge in [0.1, 0.15) is 24.0 Å². The van der Waals surface area contributed by atoms with Gasteiger partial charge in [0, 0.05) is 0 Å². The molecule has 0 radical (unpaired) electrons. The number of hydrogen-bond donors (Lipinski definition) is 0. The maximum Gasteiger partial charge on any atom is 0.270 e. The monoisotopic (exact) mass is 473 g/mol. The number of rotatable bonds is 5. The van der Waals surface area contributed by atoms with Gasteiger partial charge in [-0.2, -0.15) is 0 Å². The summed E-state index contributed by atoms with van der Waals surface area (Å²) in [7, 11) is 0. The van der Waals surface area contributed by atoms with Gasteiger partial charge in [-0.1, -0.05) is 59.8 Å². The quantitative estimate of drug-likeness (QED) is 0.308. The van der Waals surface area contributed by atoms with Crippen LogP contribution < -0.4 is 9.64 Å². The second-order valence-corrected chi connectivity index (χ2v) is 8.68. The molecule has 0 aromatic heterocycles. The Morgan fingerprint density at radius 1 is 1.03 bits per heavy atom. The molecular formula is C23H14ClF2NO2S2. The van der Waals surface area contributed by atoms with Crippen LogP contribution >= 0.6 is 35.6 Å². The van der Waals surface area contributed by atoms with Crippen molar-refractivity contribution in [1.82, 2.24) is 0 Å². The van der Waals surface area contributed by atoms with Crippen LogP contribution in [0.1, 0.15) is 11.1 Å². The van der Waals surface area contributed by atoms with Crippen molar-refractivity contribution >= 4 is 57.6 Å². The molecule has 8 heteroatoms. The first-order valence-corrected chi connectivity index (χ1v) is 10.7. The summed E-state index contributed by atoms with van der Waals surface area (Å²) in [6, 6.07) is 17.4. The van der Waals surface area contributed by atoms with Gasteiger partial charge in [-0.3, -0.25) is 9.69 Å². The van der Waals surface area contributed by atoms with Crippen molar-refractivity contribution in [2.75, 3.05) is 4.90 Å². The minimum Gasteiger partial charge on any atom is -0.489 e. The lowest BCUT2D eigenvalue weighted by Crippen LogP contribution is -2.27. The van der Waals surface area contributed by atoms with Crippen LogP contribution in [0.3, 0.4) is 0 Å². The number of carbonyl (C=O) groups is 1. The summed E-state index contributed by atoms with van der Waals surface area (Å²) in [4.78, 5) is 14.6. The molecule has 1 fully saturated rings. The highest BCUT2D eigenvalue weighted by atomic mass is 35.5. The number of thiocarbonyl (C=S) groups is 1. The molecule has 0 aliphatic carbocycles. The predicted molar refractivity (Wildman–Crippen MR) is 124 cm³/mol. The van der Waals surface area contributed by atoms with Gasteiger partial charge in [0.05, 0.1) is 15.6 Å². The van der Waals surface area contributed by atoms with Gasteiger partial charge in [0.2, 0.25) is 0 Å². The molecule has 156 valence electrons. The Kier molecular flexibility index (Phi) is 6.36. The van der Waals surface area contributed by atoms with E-state index in [0.29, 0.717) is 27.3 Å². The number of anilines is 1. The normalized spacial score (nSPS) is 15.1. The van der Waals surface area contributed by atoms with E-state index < -0.39 is 5.82 Å². The fraction of sp³-hybridized carbons (Fsp3) is 0.0435. The Morgan fingerprint density at radius 3 is 2.42 bits per heavy atom. The summed E-state index contributed by atoms with van der Waals surface area (Å²) in [5.41, 5.74) is 2.07. The molecule has 0 atom stereocenters. The highest BCUT2D eigenvalue weighted by Gasteiger charge is 2.33. The minimum absolute atomic E-state index is 0.0771. The molecule has 3 nitrogen and oxygen atoms in total. The van der Waals surface area contributed by atoms with E-state index in [-0.39, 0.29) is 16.7 Å². The first-order chi connectivity index (χ1) is 14.9. The lowest BCUT2D eigenvalue weighted by atomic mass is 10.2. The smallest absolute Gasteiger partial charge is 0.270 e. The average molecular weight is 474 g/mol. The van der Waals surface area contributed by atoms with Crippen molar-refractivity contribution in [2.45, 2.75) is 6.61 Å². The number of benzene rings is 3. The molecule has 3 aromatic rings. The van der Waals surface area contributed by atoms with E-state index in [2.05, 4.69) is 0 Å². The molecule has 4 rings (SSSR count). The summed E-state index contributed by atoms with van der Waals surface area (Å²) < 4.78 is 32.4. The molecule has 0 bridgehead atoms. The summed E-state index contributed by atoms with van der Waals surface area (Å²) in [6.45, 7) is 0.318. The molecule has 31 heavy (non-hydrogen) atoms. The number of nitrogens with zero attached hydrogens (tertiary/aromatic N) is 1. The SMILES string of the molecule is O=C1/C(=C/c2ccc(OCc3ccc(F)cc3)cc2)SC(=S)N1c1ccc(F)c(Cl)c1. The van der Waals surface area contributed by atoms with Crippen LogP contribution in [0.15, 0.2) is 71.6 Å². The zero-order valence-corrected chi connectivity index (χ0v) is 18.2. The lowest BCUT2D eigenvalue weighted by Gasteiger charge is -2.14. The highest BCUT2D eigenvalue weighted by Crippen LogP contribution is 2.37. The minimum atomic E-state index is -0.562. The Labute approximate surface area is 192 Å². The van der Waals surface area contributed by atoms with Gasteiger partial charge in [-0.25, -0.2) is 8.78 Å². The average Bonchev–Trinajstić information content (AvgIpc) is 3.03. The third kappa shape index (κ3) is 4.95. The summed E-state index contributed by atoms with van der Waals surface area (Å²) in [6.07, 6.45) is 1.73. The Balaban J connectivity index is 1.45. The summed E-state index contributed by atoms with van der Waals surface area (Å²) in [5, 5.41) is -0.0771. The molecule has 1 aliphatic heterocycles. The second-order valence-electron chi connectivity index (χ2n) is 6.60. The van der Waals surface area contributed by atoms with Crippen molar-refractivity contribution in [2.24, 2.45) is 0 Å². The molecule has 0 N–H and O–H groups in total. The predicted octanol–water partition coefficient (Wildman–Crippen LogP) is 6.60. The van der Waals surface area contributed by atoms with E-state index in [1.807, 2.05) is 12.1 Å². The van der Waals surface area contributed by atoms with E-state index in [0.717, 1.165) is 22.9 Å². The molecule has 0 unspecified atom stereocenters. The summed E-state index contributed by atoms with van der Waals surface area (Å²) >= 11 is 12.3. The number of hydrogen-bond acceptors (Lipinski definition) is 4. The van der Waals surface area contributed by atoms with Crippen LogP contribution in [0, 0.1) is 11.6 Å². The van der Waals surface area contributed by atoms with Crippen molar-refractivity contribution in [3.05, 3.63) is 99.4 Å². The van der Waals surface area contributed by atoms with Crippen LogP contribution in [-0.2, 0) is 11.4 Å². The van der Waals surface area contributed by atoms with Gasteiger partial charge in [0.25, 0.3) is 5.91 Å². The van der Waals surface area contributed by atoms with Gasteiger partial charge < -0.3 is 4.74 Å². The fourth-order valence-corrected chi connectivity index (χ4v) is 4.35. The maximum atomic E-state index is 13.4. The third-order valence-corrected chi connectivity index (χ3v) is 6.04. The van der Waals surface area contributed by atoms with Crippen molar-refractivity contribution < 1.29 is 18.3 Å². The third-order valence-electron chi connectivity index (χ3n) is 4.45. The topological polar surface area (TPSA) is 29.5 Å². The fourth-order valence-electron chi connectivity index (χ4n) is 2.87. The zero-order chi connectivity index (χ0) is 22.0. The van der Waals surface area contributed by atoms with E-state index >= 15 is 0 Å². The first kappa shape index (κ1) is 21.5. The molecule has 3 aromatic carbocycles. The zero-order valence-electron chi connectivity index (χ0n) is 15.8. The largest absolute Gasteiger partial charge is 0.489 e. The molecular weight excluding hydrogens is 460 g/mol. The highest BCUT2D eigenvalue weighted by molar-refractivity contribution is 8.27. The molecule has 1 amide bonds. The number of ether oxygens (including phenoxy) is 1. The van der Waals surface area contributed by atoms with Crippen molar-refractivity contribution in [1.29, 1.82) is 0 Å². The summed E-state index contributed by atoms with van der Waals surface area (Å²) in [5.74, 6) is -0.501. The van der Waals surface area contributed by atoms with E-state index in [1.165, 1.54) is 35.2 Å².